The Morgan fingerprint density at radius 1 is 1.26 bits per heavy atom. The Kier molecular flexibility index (Phi) is 7.07. The van der Waals surface area contributed by atoms with Crippen LogP contribution >= 0.6 is 0 Å². The lowest BCUT2D eigenvalue weighted by Crippen LogP contribution is -2.40. The van der Waals surface area contributed by atoms with Crippen molar-refractivity contribution in [3.63, 3.8) is 0 Å². The molecule has 0 radical (unpaired) electrons. The number of ether oxygens (including phenoxy) is 2. The van der Waals surface area contributed by atoms with E-state index in [0.29, 0.717) is 0 Å². The van der Waals surface area contributed by atoms with Crippen LogP contribution in [0, 0.1) is 11.3 Å². The lowest BCUT2D eigenvalue weighted by molar-refractivity contribution is -0.145. The van der Waals surface area contributed by atoms with E-state index in [2.05, 4.69) is 5.32 Å². The van der Waals surface area contributed by atoms with Crippen molar-refractivity contribution in [3.8, 4) is 6.07 Å². The van der Waals surface area contributed by atoms with E-state index in [9.17, 15) is 9.59 Å². The molecule has 0 aliphatic heterocycles. The van der Waals surface area contributed by atoms with Gasteiger partial charge < -0.3 is 14.8 Å². The summed E-state index contributed by atoms with van der Waals surface area (Å²) in [5.41, 5.74) is 0.229. The Morgan fingerprint density at radius 3 is 2.48 bits per heavy atom. The molecule has 1 rings (SSSR count). The summed E-state index contributed by atoms with van der Waals surface area (Å²) in [5.74, 6) is -0.481. The number of nitrogens with one attached hydrogen (secondary N) is 1. The molecule has 1 aromatic carbocycles. The molecule has 0 spiro atoms. The predicted octanol–water partition coefficient (Wildman–Crippen LogP) is 2.93. The van der Waals surface area contributed by atoms with Gasteiger partial charge in [-0.1, -0.05) is 30.3 Å². The van der Waals surface area contributed by atoms with E-state index in [1.807, 2.05) is 36.4 Å². The second-order valence-electron chi connectivity index (χ2n) is 6.06. The third-order valence-electron chi connectivity index (χ3n) is 2.71. The van der Waals surface area contributed by atoms with Crippen LogP contribution in [0.4, 0.5) is 4.79 Å². The van der Waals surface area contributed by atoms with Crippen LogP contribution in [0.1, 0.15) is 39.2 Å². The molecule has 6 nitrogen and oxygen atoms in total. The Hall–Kier alpha value is -2.55. The van der Waals surface area contributed by atoms with Crippen molar-refractivity contribution in [2.24, 2.45) is 0 Å². The molecular weight excluding hydrogens is 296 g/mol. The summed E-state index contributed by atoms with van der Waals surface area (Å²) < 4.78 is 10.3. The van der Waals surface area contributed by atoms with Crippen LogP contribution < -0.4 is 5.32 Å². The van der Waals surface area contributed by atoms with Gasteiger partial charge in [-0.3, -0.25) is 4.79 Å². The number of rotatable bonds is 6. The maximum atomic E-state index is 11.8. The summed E-state index contributed by atoms with van der Waals surface area (Å²) >= 11 is 0. The lowest BCUT2D eigenvalue weighted by Gasteiger charge is -2.22. The Bertz CT molecular complexity index is 558. The molecule has 6 heteroatoms. The number of amides is 1. The lowest BCUT2D eigenvalue weighted by atomic mass is 10.1. The maximum absolute atomic E-state index is 11.8. The van der Waals surface area contributed by atoms with Crippen molar-refractivity contribution < 1.29 is 19.1 Å². The number of nitriles is 1. The van der Waals surface area contributed by atoms with E-state index in [4.69, 9.17) is 14.7 Å². The minimum absolute atomic E-state index is 0.000318. The van der Waals surface area contributed by atoms with Crippen LogP contribution in [0.5, 0.6) is 0 Å². The van der Waals surface area contributed by atoms with E-state index < -0.39 is 23.7 Å². The summed E-state index contributed by atoms with van der Waals surface area (Å²) in [6.45, 7) is 5.37. The molecule has 0 aromatic heterocycles. The quantitative estimate of drug-likeness (QED) is 0.815. The number of carbonyl (C=O) groups excluding carboxylic acids is 2. The monoisotopic (exact) mass is 318 g/mol. The van der Waals surface area contributed by atoms with Gasteiger partial charge in [-0.05, 0) is 26.3 Å². The molecule has 0 heterocycles. The maximum Gasteiger partial charge on any atom is 0.407 e. The SMILES string of the molecule is CC(C)(C)OC(=O)N[C@@H](CC#N)CC(=O)OCc1ccccc1. The minimum Gasteiger partial charge on any atom is -0.461 e. The summed E-state index contributed by atoms with van der Waals surface area (Å²) in [6.07, 6.45) is -0.743. The van der Waals surface area contributed by atoms with E-state index in [-0.39, 0.29) is 19.4 Å². The summed E-state index contributed by atoms with van der Waals surface area (Å²) in [4.78, 5) is 23.6. The zero-order chi connectivity index (χ0) is 17.3. The first-order valence-electron chi connectivity index (χ1n) is 7.36. The van der Waals surface area contributed by atoms with Crippen LogP contribution in [0.3, 0.4) is 0 Å². The highest BCUT2D eigenvalue weighted by Gasteiger charge is 2.21. The molecule has 1 aromatic rings. The van der Waals surface area contributed by atoms with Gasteiger partial charge in [0.25, 0.3) is 0 Å². The van der Waals surface area contributed by atoms with Gasteiger partial charge in [0.2, 0.25) is 0 Å². The Labute approximate surface area is 136 Å². The Balaban J connectivity index is 2.46. The van der Waals surface area contributed by atoms with Crippen molar-refractivity contribution in [1.29, 1.82) is 5.26 Å². The van der Waals surface area contributed by atoms with E-state index in [0.717, 1.165) is 5.56 Å². The molecule has 0 bridgehead atoms. The van der Waals surface area contributed by atoms with Gasteiger partial charge in [-0.15, -0.1) is 0 Å². The van der Waals surface area contributed by atoms with Gasteiger partial charge in [0, 0.05) is 0 Å². The molecule has 0 fully saturated rings. The first kappa shape index (κ1) is 18.5. The fourth-order valence-electron chi connectivity index (χ4n) is 1.76. The molecule has 23 heavy (non-hydrogen) atoms. The van der Waals surface area contributed by atoms with Crippen molar-refractivity contribution >= 4 is 12.1 Å². The predicted molar refractivity (Wildman–Crippen MR) is 84.2 cm³/mol. The van der Waals surface area contributed by atoms with Crippen molar-refractivity contribution in [3.05, 3.63) is 35.9 Å². The first-order chi connectivity index (χ1) is 10.8. The highest BCUT2D eigenvalue weighted by molar-refractivity contribution is 5.73. The third-order valence-corrected chi connectivity index (χ3v) is 2.71. The van der Waals surface area contributed by atoms with Crippen LogP contribution in [-0.2, 0) is 20.9 Å². The van der Waals surface area contributed by atoms with Gasteiger partial charge in [0.1, 0.15) is 12.2 Å². The summed E-state index contributed by atoms with van der Waals surface area (Å²) in [5, 5.41) is 11.3. The molecule has 1 N–H and O–H groups in total. The van der Waals surface area contributed by atoms with Crippen LogP contribution in [0.2, 0.25) is 0 Å². The minimum atomic E-state index is -0.659. The Morgan fingerprint density at radius 2 is 1.91 bits per heavy atom. The topological polar surface area (TPSA) is 88.4 Å². The van der Waals surface area contributed by atoms with Crippen LogP contribution in [0.25, 0.3) is 0 Å². The van der Waals surface area contributed by atoms with E-state index >= 15 is 0 Å². The molecule has 0 aliphatic carbocycles. The first-order valence-corrected chi connectivity index (χ1v) is 7.36. The average molecular weight is 318 g/mol. The van der Waals surface area contributed by atoms with E-state index in [1.54, 1.807) is 20.8 Å². The fraction of sp³-hybridized carbons (Fsp3) is 0.471. The van der Waals surface area contributed by atoms with Crippen LogP contribution in [-0.4, -0.2) is 23.7 Å². The standard InChI is InChI=1S/C17H22N2O4/c1-17(2,3)23-16(21)19-14(9-10-18)11-15(20)22-12-13-7-5-4-6-8-13/h4-8,14H,9,11-12H2,1-3H3,(H,19,21)/t14-/m0/s1. The number of benzene rings is 1. The normalized spacial score (nSPS) is 11.9. The number of carbonyl (C=O) groups is 2. The molecule has 0 saturated carbocycles. The van der Waals surface area contributed by atoms with Crippen molar-refractivity contribution in [2.45, 2.75) is 51.9 Å². The zero-order valence-electron chi connectivity index (χ0n) is 13.7. The highest BCUT2D eigenvalue weighted by Crippen LogP contribution is 2.09. The van der Waals surface area contributed by atoms with Gasteiger partial charge >= 0.3 is 12.1 Å². The van der Waals surface area contributed by atoms with Gasteiger partial charge in [0.15, 0.2) is 0 Å². The largest absolute Gasteiger partial charge is 0.461 e. The second-order valence-corrected chi connectivity index (χ2v) is 6.06. The van der Waals surface area contributed by atoms with Crippen molar-refractivity contribution in [1.82, 2.24) is 5.32 Å². The molecule has 1 amide bonds. The van der Waals surface area contributed by atoms with E-state index in [1.165, 1.54) is 0 Å². The highest BCUT2D eigenvalue weighted by atomic mass is 16.6. The van der Waals surface area contributed by atoms with Crippen molar-refractivity contribution in [2.75, 3.05) is 0 Å². The second kappa shape index (κ2) is 8.79. The van der Waals surface area contributed by atoms with Gasteiger partial charge in [-0.25, -0.2) is 4.79 Å². The fourth-order valence-corrected chi connectivity index (χ4v) is 1.76. The number of hydrogen-bond donors (Lipinski definition) is 1. The smallest absolute Gasteiger partial charge is 0.407 e. The zero-order valence-corrected chi connectivity index (χ0v) is 13.7. The number of esters is 1. The molecule has 0 unspecified atom stereocenters. The average Bonchev–Trinajstić information content (AvgIpc) is 2.44. The summed E-state index contributed by atoms with van der Waals surface area (Å²) in [6, 6.07) is 10.6. The number of alkyl carbamates (subject to hydrolysis) is 1. The number of hydrogen-bond acceptors (Lipinski definition) is 5. The number of nitrogens with zero attached hydrogens (tertiary/aromatic N) is 1. The third kappa shape index (κ3) is 8.47. The molecule has 0 saturated heterocycles. The van der Waals surface area contributed by atoms with Crippen LogP contribution in [0.15, 0.2) is 30.3 Å². The molecular formula is C17H22N2O4. The summed E-state index contributed by atoms with van der Waals surface area (Å²) in [7, 11) is 0. The molecule has 0 aliphatic rings. The van der Waals surface area contributed by atoms with Gasteiger partial charge in [-0.2, -0.15) is 5.26 Å². The molecule has 1 atom stereocenters. The molecule has 124 valence electrons. The van der Waals surface area contributed by atoms with Gasteiger partial charge in [0.05, 0.1) is 25.0 Å².